The molecule has 106 valence electrons. The van der Waals surface area contributed by atoms with E-state index in [1.165, 1.54) is 4.88 Å². The molecule has 1 atom stereocenters. The molecule has 0 aliphatic rings. The zero-order valence-electron chi connectivity index (χ0n) is 11.8. The quantitative estimate of drug-likeness (QED) is 0.830. The number of benzene rings is 1. The molecule has 0 fully saturated rings. The highest BCUT2D eigenvalue weighted by atomic mass is 32.1. The van der Waals surface area contributed by atoms with Crippen molar-refractivity contribution in [2.45, 2.75) is 20.3 Å². The summed E-state index contributed by atoms with van der Waals surface area (Å²) in [5, 5.41) is 5.07. The maximum absolute atomic E-state index is 12.2. The second kappa shape index (κ2) is 6.57. The molecule has 2 aromatic rings. The van der Waals surface area contributed by atoms with Gasteiger partial charge in [-0.15, -0.1) is 11.3 Å². The monoisotopic (exact) mass is 288 g/mol. The fourth-order valence-electron chi connectivity index (χ4n) is 2.09. The van der Waals surface area contributed by atoms with E-state index < -0.39 is 0 Å². The predicted octanol–water partition coefficient (Wildman–Crippen LogP) is 3.25. The highest BCUT2D eigenvalue weighted by Crippen LogP contribution is 2.15. The van der Waals surface area contributed by atoms with Crippen molar-refractivity contribution in [2.75, 3.05) is 12.3 Å². The van der Waals surface area contributed by atoms with Gasteiger partial charge in [0.05, 0.1) is 0 Å². The summed E-state index contributed by atoms with van der Waals surface area (Å²) in [6.07, 6.45) is 0.994. The average Bonchev–Trinajstić information content (AvgIpc) is 2.91. The molecule has 0 aliphatic heterocycles. The Morgan fingerprint density at radius 1 is 1.40 bits per heavy atom. The lowest BCUT2D eigenvalue weighted by atomic mass is 10.1. The highest BCUT2D eigenvalue weighted by molar-refractivity contribution is 7.09. The number of anilines is 1. The maximum atomic E-state index is 12.2. The number of aryl methyl sites for hydroxylation is 1. The molecule has 0 spiro atoms. The number of carbonyl (C=O) groups excluding carboxylic acids is 1. The summed E-state index contributed by atoms with van der Waals surface area (Å²) < 4.78 is 0. The normalized spacial score (nSPS) is 12.1. The summed E-state index contributed by atoms with van der Waals surface area (Å²) in [7, 11) is 0. The fraction of sp³-hybridized carbons (Fsp3) is 0.312. The van der Waals surface area contributed by atoms with E-state index in [4.69, 9.17) is 5.73 Å². The molecule has 0 bridgehead atoms. The summed E-state index contributed by atoms with van der Waals surface area (Å²) in [5.41, 5.74) is 7.96. The van der Waals surface area contributed by atoms with E-state index in [1.807, 2.05) is 19.1 Å². The number of carbonyl (C=O) groups is 1. The highest BCUT2D eigenvalue weighted by Gasteiger charge is 2.11. The molecule has 0 radical (unpaired) electrons. The Balaban J connectivity index is 1.90. The van der Waals surface area contributed by atoms with Crippen LogP contribution in [0.25, 0.3) is 0 Å². The first-order valence-corrected chi connectivity index (χ1v) is 7.61. The van der Waals surface area contributed by atoms with E-state index in [2.05, 4.69) is 29.8 Å². The van der Waals surface area contributed by atoms with Gasteiger partial charge in [-0.2, -0.15) is 0 Å². The van der Waals surface area contributed by atoms with Crippen molar-refractivity contribution in [2.24, 2.45) is 5.92 Å². The van der Waals surface area contributed by atoms with E-state index in [-0.39, 0.29) is 5.91 Å². The van der Waals surface area contributed by atoms with Crippen molar-refractivity contribution in [3.63, 3.8) is 0 Å². The molecule has 3 N–H and O–H groups in total. The molecule has 3 nitrogen and oxygen atoms in total. The predicted molar refractivity (Wildman–Crippen MR) is 85.1 cm³/mol. The van der Waals surface area contributed by atoms with Crippen LogP contribution in [0.1, 0.15) is 27.7 Å². The van der Waals surface area contributed by atoms with Crippen LogP contribution >= 0.6 is 11.3 Å². The lowest BCUT2D eigenvalue weighted by Crippen LogP contribution is -2.29. The van der Waals surface area contributed by atoms with E-state index in [1.54, 1.807) is 17.4 Å². The number of amides is 1. The fourth-order valence-corrected chi connectivity index (χ4v) is 2.96. The second-order valence-corrected chi connectivity index (χ2v) is 6.21. The van der Waals surface area contributed by atoms with Crippen molar-refractivity contribution in [1.82, 2.24) is 5.32 Å². The van der Waals surface area contributed by atoms with Gasteiger partial charge in [0.2, 0.25) is 0 Å². The zero-order valence-corrected chi connectivity index (χ0v) is 12.7. The van der Waals surface area contributed by atoms with Gasteiger partial charge < -0.3 is 11.1 Å². The van der Waals surface area contributed by atoms with Gasteiger partial charge in [0.15, 0.2) is 0 Å². The minimum atomic E-state index is -0.0483. The summed E-state index contributed by atoms with van der Waals surface area (Å²) in [4.78, 5) is 13.5. The van der Waals surface area contributed by atoms with Crippen LogP contribution in [-0.2, 0) is 6.42 Å². The van der Waals surface area contributed by atoms with Crippen LogP contribution in [0.4, 0.5) is 5.69 Å². The molecule has 0 saturated carbocycles. The molecule has 1 amide bonds. The molecule has 1 aromatic heterocycles. The number of hydrogen-bond acceptors (Lipinski definition) is 3. The van der Waals surface area contributed by atoms with Crippen LogP contribution in [0.3, 0.4) is 0 Å². The van der Waals surface area contributed by atoms with Gasteiger partial charge >= 0.3 is 0 Å². The first-order valence-electron chi connectivity index (χ1n) is 6.73. The van der Waals surface area contributed by atoms with Crippen LogP contribution in [0.2, 0.25) is 0 Å². The minimum Gasteiger partial charge on any atom is -0.399 e. The van der Waals surface area contributed by atoms with Crippen molar-refractivity contribution in [3.8, 4) is 0 Å². The third kappa shape index (κ3) is 3.84. The third-order valence-electron chi connectivity index (χ3n) is 3.25. The topological polar surface area (TPSA) is 55.1 Å². The summed E-state index contributed by atoms with van der Waals surface area (Å²) >= 11 is 1.76. The van der Waals surface area contributed by atoms with Crippen LogP contribution < -0.4 is 11.1 Å². The Kier molecular flexibility index (Phi) is 4.79. The molecular formula is C16H20N2OS. The van der Waals surface area contributed by atoms with Gasteiger partial charge in [0.1, 0.15) is 0 Å². The van der Waals surface area contributed by atoms with Gasteiger partial charge in [-0.05, 0) is 48.4 Å². The van der Waals surface area contributed by atoms with E-state index in [0.717, 1.165) is 12.0 Å². The summed E-state index contributed by atoms with van der Waals surface area (Å²) in [6.45, 7) is 4.74. The average molecular weight is 288 g/mol. The molecule has 1 unspecified atom stereocenters. The lowest BCUT2D eigenvalue weighted by Gasteiger charge is -2.13. The Bertz CT molecular complexity index is 578. The SMILES string of the molecule is Cc1ccc(N)cc1C(=O)NCC(C)Cc1cccs1. The van der Waals surface area contributed by atoms with Crippen LogP contribution in [-0.4, -0.2) is 12.5 Å². The standard InChI is InChI=1S/C16H20N2OS/c1-11(8-14-4-3-7-20-14)10-18-16(19)15-9-13(17)6-5-12(15)2/h3-7,9,11H,8,10,17H2,1-2H3,(H,18,19). The Morgan fingerprint density at radius 3 is 2.90 bits per heavy atom. The van der Waals surface area contributed by atoms with Gasteiger partial charge in [-0.3, -0.25) is 4.79 Å². The second-order valence-electron chi connectivity index (χ2n) is 5.17. The van der Waals surface area contributed by atoms with E-state index in [0.29, 0.717) is 23.7 Å². The zero-order chi connectivity index (χ0) is 14.5. The van der Waals surface area contributed by atoms with Gasteiger partial charge in [-0.1, -0.05) is 19.1 Å². The third-order valence-corrected chi connectivity index (χ3v) is 4.15. The Hall–Kier alpha value is -1.81. The number of nitrogen functional groups attached to an aromatic ring is 1. The summed E-state index contributed by atoms with van der Waals surface area (Å²) in [5.74, 6) is 0.367. The molecule has 2 rings (SSSR count). The first kappa shape index (κ1) is 14.6. The van der Waals surface area contributed by atoms with Gasteiger partial charge in [0.25, 0.3) is 5.91 Å². The smallest absolute Gasteiger partial charge is 0.251 e. The van der Waals surface area contributed by atoms with E-state index in [9.17, 15) is 4.79 Å². The van der Waals surface area contributed by atoms with Gasteiger partial charge in [-0.25, -0.2) is 0 Å². The largest absolute Gasteiger partial charge is 0.399 e. The summed E-state index contributed by atoms with van der Waals surface area (Å²) in [6, 6.07) is 9.60. The molecule has 4 heteroatoms. The Labute approximate surface area is 123 Å². The van der Waals surface area contributed by atoms with Crippen LogP contribution in [0.15, 0.2) is 35.7 Å². The van der Waals surface area contributed by atoms with Crippen molar-refractivity contribution < 1.29 is 4.79 Å². The molecular weight excluding hydrogens is 268 g/mol. The molecule has 0 aliphatic carbocycles. The lowest BCUT2D eigenvalue weighted by molar-refractivity contribution is 0.0947. The number of rotatable bonds is 5. The maximum Gasteiger partial charge on any atom is 0.251 e. The molecule has 1 aromatic carbocycles. The number of nitrogens with one attached hydrogen (secondary N) is 1. The first-order chi connectivity index (χ1) is 9.56. The Morgan fingerprint density at radius 2 is 2.20 bits per heavy atom. The number of hydrogen-bond donors (Lipinski definition) is 2. The molecule has 20 heavy (non-hydrogen) atoms. The molecule has 1 heterocycles. The van der Waals surface area contributed by atoms with Crippen LogP contribution in [0.5, 0.6) is 0 Å². The van der Waals surface area contributed by atoms with Gasteiger partial charge in [0, 0.05) is 22.7 Å². The van der Waals surface area contributed by atoms with Crippen molar-refractivity contribution in [3.05, 3.63) is 51.7 Å². The van der Waals surface area contributed by atoms with Crippen molar-refractivity contribution >= 4 is 22.9 Å². The molecule has 0 saturated heterocycles. The van der Waals surface area contributed by atoms with E-state index >= 15 is 0 Å². The number of thiophene rings is 1. The van der Waals surface area contributed by atoms with Crippen LogP contribution in [0, 0.1) is 12.8 Å². The van der Waals surface area contributed by atoms with Crippen molar-refractivity contribution in [1.29, 1.82) is 0 Å². The minimum absolute atomic E-state index is 0.0483. The number of nitrogens with two attached hydrogens (primary N) is 1.